The molecule has 0 bridgehead atoms. The maximum absolute atomic E-state index is 13.2. The molecule has 176 valence electrons. The third kappa shape index (κ3) is 4.85. The van der Waals surface area contributed by atoms with Crippen molar-refractivity contribution in [2.45, 2.75) is 19.6 Å². The summed E-state index contributed by atoms with van der Waals surface area (Å²) in [5.74, 6) is -0.0342. The van der Waals surface area contributed by atoms with Crippen LogP contribution < -0.4 is 11.1 Å². The molecule has 0 aliphatic carbocycles. The fourth-order valence-electron chi connectivity index (χ4n) is 4.34. The summed E-state index contributed by atoms with van der Waals surface area (Å²) in [6, 6.07) is 11.3. The number of hydrogen-bond acceptors (Lipinski definition) is 6. The quantitative estimate of drug-likeness (QED) is 0.620. The molecule has 0 atom stereocenters. The number of fused-ring (bicyclic) bond motifs is 1. The molecule has 2 amide bonds. The number of halogens is 1. The van der Waals surface area contributed by atoms with Crippen LogP contribution in [0.25, 0.3) is 11.3 Å². The number of benzene rings is 1. The normalized spacial score (nSPS) is 16.5. The maximum atomic E-state index is 13.2. The zero-order chi connectivity index (χ0) is 23.7. The molecule has 2 aromatic heterocycles. The van der Waals surface area contributed by atoms with Crippen LogP contribution >= 0.6 is 0 Å². The van der Waals surface area contributed by atoms with Crippen LogP contribution in [0.3, 0.4) is 0 Å². The number of amides is 2. The Morgan fingerprint density at radius 3 is 2.62 bits per heavy atom. The van der Waals surface area contributed by atoms with E-state index in [1.165, 1.54) is 17.7 Å². The van der Waals surface area contributed by atoms with Crippen molar-refractivity contribution in [3.05, 3.63) is 71.3 Å². The van der Waals surface area contributed by atoms with E-state index in [1.807, 2.05) is 6.20 Å². The molecule has 0 unspecified atom stereocenters. The Morgan fingerprint density at radius 2 is 1.85 bits per heavy atom. The number of carbonyl (C=O) groups excluding carboxylic acids is 1. The molecule has 5 rings (SSSR count). The first-order chi connectivity index (χ1) is 16.4. The van der Waals surface area contributed by atoms with Crippen LogP contribution in [0.2, 0.25) is 0 Å². The molecule has 8 nitrogen and oxygen atoms in total. The van der Waals surface area contributed by atoms with Crippen molar-refractivity contribution >= 4 is 17.5 Å². The van der Waals surface area contributed by atoms with Gasteiger partial charge in [-0.05, 0) is 60.6 Å². The van der Waals surface area contributed by atoms with Crippen LogP contribution in [0.1, 0.15) is 16.8 Å². The Hall–Kier alpha value is -3.56. The molecule has 1 fully saturated rings. The second kappa shape index (κ2) is 9.36. The predicted molar refractivity (Wildman–Crippen MR) is 129 cm³/mol. The van der Waals surface area contributed by atoms with Crippen molar-refractivity contribution in [1.82, 2.24) is 24.7 Å². The predicted octanol–water partition coefficient (Wildman–Crippen LogP) is 3.16. The lowest BCUT2D eigenvalue weighted by Crippen LogP contribution is -2.43. The van der Waals surface area contributed by atoms with E-state index >= 15 is 0 Å². The van der Waals surface area contributed by atoms with E-state index in [0.717, 1.165) is 49.5 Å². The molecule has 1 saturated heterocycles. The molecule has 9 heteroatoms. The average molecular weight is 462 g/mol. The smallest absolute Gasteiger partial charge is 0.323 e. The van der Waals surface area contributed by atoms with E-state index in [1.54, 1.807) is 29.2 Å². The van der Waals surface area contributed by atoms with Crippen molar-refractivity contribution in [3.8, 4) is 11.3 Å². The topological polar surface area (TPSA) is 90.6 Å². The Labute approximate surface area is 198 Å². The molecule has 2 aliphatic rings. The number of nitrogen functional groups attached to an aromatic ring is 1. The van der Waals surface area contributed by atoms with E-state index in [0.29, 0.717) is 24.5 Å². The molecule has 3 N–H and O–H groups in total. The third-order valence-electron chi connectivity index (χ3n) is 6.40. The highest BCUT2D eigenvalue weighted by atomic mass is 19.1. The lowest BCUT2D eigenvalue weighted by molar-refractivity contribution is 0.148. The van der Waals surface area contributed by atoms with Gasteiger partial charge in [0.15, 0.2) is 5.82 Å². The number of nitrogens with one attached hydrogen (secondary N) is 1. The van der Waals surface area contributed by atoms with Crippen LogP contribution in [0.4, 0.5) is 20.7 Å². The van der Waals surface area contributed by atoms with Gasteiger partial charge in [-0.2, -0.15) is 0 Å². The minimum atomic E-state index is -0.318. The first-order valence-electron chi connectivity index (χ1n) is 11.4. The maximum Gasteiger partial charge on any atom is 0.323 e. The standard InChI is InChI=1S/C25H28FN7O/c1-31-8-10-32(11-9-31)14-17-12-19-15-33(16-23(19)28-13-17)25(34)30-24-21(27)6-7-22(29-24)18-2-4-20(26)5-3-18/h2-7,12-13H,8-11,14-16,27H2,1H3,(H,29,30,34). The van der Waals surface area contributed by atoms with Gasteiger partial charge in [0.2, 0.25) is 0 Å². The number of rotatable bonds is 4. The summed E-state index contributed by atoms with van der Waals surface area (Å²) in [5.41, 5.74) is 10.9. The summed E-state index contributed by atoms with van der Waals surface area (Å²) < 4.78 is 13.2. The van der Waals surface area contributed by atoms with Crippen molar-refractivity contribution in [3.63, 3.8) is 0 Å². The van der Waals surface area contributed by atoms with Crippen molar-refractivity contribution in [2.24, 2.45) is 0 Å². The molecular formula is C25H28FN7O. The van der Waals surface area contributed by atoms with Crippen LogP contribution in [-0.4, -0.2) is 63.9 Å². The SMILES string of the molecule is CN1CCN(Cc2cnc3c(c2)CN(C(=O)Nc2nc(-c4ccc(F)cc4)ccc2N)C3)CC1. The van der Waals surface area contributed by atoms with Crippen LogP contribution in [0, 0.1) is 5.82 Å². The molecule has 4 heterocycles. The van der Waals surface area contributed by atoms with Gasteiger partial charge in [0.25, 0.3) is 0 Å². The van der Waals surface area contributed by atoms with E-state index in [-0.39, 0.29) is 17.7 Å². The second-order valence-corrected chi connectivity index (χ2v) is 8.96. The minimum absolute atomic E-state index is 0.283. The van der Waals surface area contributed by atoms with E-state index in [4.69, 9.17) is 5.73 Å². The monoisotopic (exact) mass is 461 g/mol. The zero-order valence-electron chi connectivity index (χ0n) is 19.2. The van der Waals surface area contributed by atoms with Gasteiger partial charge in [0.1, 0.15) is 5.82 Å². The summed E-state index contributed by atoms with van der Waals surface area (Å²) in [4.78, 5) is 28.6. The summed E-state index contributed by atoms with van der Waals surface area (Å²) in [6.45, 7) is 6.05. The van der Waals surface area contributed by atoms with Crippen molar-refractivity contribution < 1.29 is 9.18 Å². The van der Waals surface area contributed by atoms with Crippen molar-refractivity contribution in [1.29, 1.82) is 0 Å². The van der Waals surface area contributed by atoms with Gasteiger partial charge in [-0.3, -0.25) is 15.2 Å². The lowest BCUT2D eigenvalue weighted by atomic mass is 10.1. The number of likely N-dealkylation sites (N-methyl/N-ethyl adjacent to an activating group) is 1. The number of piperazine rings is 1. The van der Waals surface area contributed by atoms with Gasteiger partial charge in [0, 0.05) is 51.0 Å². The number of pyridine rings is 2. The zero-order valence-corrected chi connectivity index (χ0v) is 19.2. The molecule has 1 aromatic carbocycles. The molecule has 0 spiro atoms. The summed E-state index contributed by atoms with van der Waals surface area (Å²) >= 11 is 0. The van der Waals surface area contributed by atoms with Gasteiger partial charge in [-0.15, -0.1) is 0 Å². The van der Waals surface area contributed by atoms with E-state index in [9.17, 15) is 9.18 Å². The second-order valence-electron chi connectivity index (χ2n) is 8.96. The summed E-state index contributed by atoms with van der Waals surface area (Å²) in [6.07, 6.45) is 1.92. The minimum Gasteiger partial charge on any atom is -0.396 e. The Morgan fingerprint density at radius 1 is 1.09 bits per heavy atom. The number of carbonyl (C=O) groups is 1. The highest BCUT2D eigenvalue weighted by molar-refractivity contribution is 5.92. The van der Waals surface area contributed by atoms with Gasteiger partial charge in [-0.1, -0.05) is 0 Å². The molecule has 0 radical (unpaired) electrons. The molecule has 3 aromatic rings. The van der Waals surface area contributed by atoms with Gasteiger partial charge in [0.05, 0.1) is 23.6 Å². The summed E-state index contributed by atoms with van der Waals surface area (Å²) in [7, 11) is 2.15. The highest BCUT2D eigenvalue weighted by Gasteiger charge is 2.26. The first kappa shape index (κ1) is 22.2. The molecular weight excluding hydrogens is 433 g/mol. The fraction of sp³-hybridized carbons (Fsp3) is 0.320. The van der Waals surface area contributed by atoms with Crippen LogP contribution in [-0.2, 0) is 19.6 Å². The van der Waals surface area contributed by atoms with Crippen LogP contribution in [0.15, 0.2) is 48.7 Å². The number of aromatic nitrogens is 2. The molecule has 0 saturated carbocycles. The Kier molecular flexibility index (Phi) is 6.12. The third-order valence-corrected chi connectivity index (χ3v) is 6.40. The van der Waals surface area contributed by atoms with Gasteiger partial charge in [-0.25, -0.2) is 14.2 Å². The number of nitrogens with two attached hydrogens (primary N) is 1. The van der Waals surface area contributed by atoms with Gasteiger partial charge < -0.3 is 15.5 Å². The number of nitrogens with zero attached hydrogens (tertiary/aromatic N) is 5. The molecule has 2 aliphatic heterocycles. The van der Waals surface area contributed by atoms with Gasteiger partial charge >= 0.3 is 6.03 Å². The van der Waals surface area contributed by atoms with E-state index < -0.39 is 0 Å². The Bertz CT molecular complexity index is 1190. The first-order valence-corrected chi connectivity index (χ1v) is 11.4. The average Bonchev–Trinajstić information content (AvgIpc) is 3.26. The fourth-order valence-corrected chi connectivity index (χ4v) is 4.34. The highest BCUT2D eigenvalue weighted by Crippen LogP contribution is 2.26. The molecule has 34 heavy (non-hydrogen) atoms. The van der Waals surface area contributed by atoms with Crippen LogP contribution in [0.5, 0.6) is 0 Å². The van der Waals surface area contributed by atoms with Crippen molar-refractivity contribution in [2.75, 3.05) is 44.3 Å². The lowest BCUT2D eigenvalue weighted by Gasteiger charge is -2.32. The Balaban J connectivity index is 1.24. The number of anilines is 2. The largest absolute Gasteiger partial charge is 0.396 e. The summed E-state index contributed by atoms with van der Waals surface area (Å²) in [5, 5.41) is 2.83. The number of hydrogen-bond donors (Lipinski definition) is 2. The number of urea groups is 1. The van der Waals surface area contributed by atoms with E-state index in [2.05, 4.69) is 38.2 Å².